The number of rotatable bonds is 7. The second kappa shape index (κ2) is 10.7. The summed E-state index contributed by atoms with van der Waals surface area (Å²) in [5.74, 6) is 0. The first-order valence-electron chi connectivity index (χ1n) is 9.98. The lowest BCUT2D eigenvalue weighted by molar-refractivity contribution is 0.250. The monoisotopic (exact) mass is 402 g/mol. The third-order valence-electron chi connectivity index (χ3n) is 4.58. The first-order chi connectivity index (χ1) is 14.7. The number of nitrogens with one attached hydrogen (secondary N) is 3. The van der Waals surface area contributed by atoms with E-state index in [2.05, 4.69) is 22.9 Å². The van der Waals surface area contributed by atoms with Crippen molar-refractivity contribution >= 4 is 29.1 Å². The predicted octanol–water partition coefficient (Wildman–Crippen LogP) is 5.11. The molecule has 30 heavy (non-hydrogen) atoms. The predicted molar refractivity (Wildman–Crippen MR) is 122 cm³/mol. The Bertz CT molecular complexity index is 944. The fourth-order valence-corrected chi connectivity index (χ4v) is 2.95. The minimum Gasteiger partial charge on any atom is -0.336 e. The van der Waals surface area contributed by atoms with E-state index in [4.69, 9.17) is 0 Å². The Morgan fingerprint density at radius 2 is 1.37 bits per heavy atom. The van der Waals surface area contributed by atoms with Crippen LogP contribution >= 0.6 is 0 Å². The second-order valence-electron chi connectivity index (χ2n) is 6.71. The maximum atomic E-state index is 12.8. The molecule has 4 amide bonds. The zero-order chi connectivity index (χ0) is 21.2. The number of carbonyl (C=O) groups is 2. The van der Waals surface area contributed by atoms with Crippen molar-refractivity contribution in [3.63, 3.8) is 0 Å². The first kappa shape index (κ1) is 20.9. The minimum atomic E-state index is -0.310. The van der Waals surface area contributed by atoms with Crippen molar-refractivity contribution in [1.82, 2.24) is 5.32 Å². The van der Waals surface area contributed by atoms with E-state index in [1.807, 2.05) is 84.9 Å². The molecule has 154 valence electrons. The molecule has 0 heterocycles. The van der Waals surface area contributed by atoms with E-state index in [-0.39, 0.29) is 12.1 Å². The molecular formula is C24H26N4O2. The zero-order valence-electron chi connectivity index (χ0n) is 17.0. The molecule has 3 rings (SSSR count). The summed E-state index contributed by atoms with van der Waals surface area (Å²) in [4.78, 5) is 26.6. The van der Waals surface area contributed by atoms with Gasteiger partial charge in [-0.2, -0.15) is 0 Å². The van der Waals surface area contributed by atoms with Crippen LogP contribution < -0.4 is 20.9 Å². The lowest BCUT2D eigenvalue weighted by Crippen LogP contribution is -2.42. The molecule has 6 nitrogen and oxygen atoms in total. The molecule has 0 atom stereocenters. The molecule has 0 aliphatic rings. The maximum absolute atomic E-state index is 12.8. The molecule has 0 spiro atoms. The highest BCUT2D eigenvalue weighted by Gasteiger charge is 2.16. The Morgan fingerprint density at radius 3 is 2.00 bits per heavy atom. The largest absolute Gasteiger partial charge is 0.336 e. The van der Waals surface area contributed by atoms with Gasteiger partial charge < -0.3 is 16.0 Å². The van der Waals surface area contributed by atoms with Crippen LogP contribution in [-0.2, 0) is 6.42 Å². The molecule has 0 bridgehead atoms. The van der Waals surface area contributed by atoms with Gasteiger partial charge in [0.05, 0.1) is 0 Å². The average molecular weight is 402 g/mol. The lowest BCUT2D eigenvalue weighted by Gasteiger charge is -2.23. The Kier molecular flexibility index (Phi) is 7.44. The summed E-state index contributed by atoms with van der Waals surface area (Å²) in [6.45, 7) is 2.71. The summed E-state index contributed by atoms with van der Waals surface area (Å²) in [5.41, 5.74) is 3.41. The number of benzene rings is 3. The second-order valence-corrected chi connectivity index (χ2v) is 6.71. The van der Waals surface area contributed by atoms with Gasteiger partial charge in [-0.3, -0.25) is 4.90 Å². The van der Waals surface area contributed by atoms with E-state index < -0.39 is 0 Å². The Balaban J connectivity index is 1.57. The van der Waals surface area contributed by atoms with Gasteiger partial charge in [-0.15, -0.1) is 0 Å². The third-order valence-corrected chi connectivity index (χ3v) is 4.58. The van der Waals surface area contributed by atoms with Crippen LogP contribution in [0.25, 0.3) is 0 Å². The smallest absolute Gasteiger partial charge is 0.326 e. The van der Waals surface area contributed by atoms with Crippen LogP contribution in [0, 0.1) is 0 Å². The molecule has 3 N–H and O–H groups in total. The van der Waals surface area contributed by atoms with E-state index >= 15 is 0 Å². The van der Waals surface area contributed by atoms with E-state index in [1.54, 1.807) is 4.90 Å². The highest BCUT2D eigenvalue weighted by molar-refractivity contribution is 6.01. The van der Waals surface area contributed by atoms with Gasteiger partial charge in [-0.1, -0.05) is 55.5 Å². The summed E-state index contributed by atoms with van der Waals surface area (Å²) >= 11 is 0. The van der Waals surface area contributed by atoms with Gasteiger partial charge in [0.2, 0.25) is 0 Å². The number of hydrogen-bond acceptors (Lipinski definition) is 2. The number of urea groups is 2. The van der Waals surface area contributed by atoms with Crippen molar-refractivity contribution in [1.29, 1.82) is 0 Å². The number of aryl methyl sites for hydroxylation is 1. The highest BCUT2D eigenvalue weighted by atomic mass is 16.2. The number of para-hydroxylation sites is 2. The minimum absolute atomic E-state index is 0.259. The summed E-state index contributed by atoms with van der Waals surface area (Å²) in [6.07, 6.45) is 0.951. The molecule has 6 heteroatoms. The van der Waals surface area contributed by atoms with Crippen LogP contribution in [0.15, 0.2) is 84.9 Å². The fraction of sp³-hybridized carbons (Fsp3) is 0.167. The molecular weight excluding hydrogens is 376 g/mol. The van der Waals surface area contributed by atoms with Gasteiger partial charge in [0.25, 0.3) is 0 Å². The Morgan fingerprint density at radius 1 is 0.767 bits per heavy atom. The summed E-state index contributed by atoms with van der Waals surface area (Å²) in [7, 11) is 0. The van der Waals surface area contributed by atoms with E-state index in [0.717, 1.165) is 17.8 Å². The molecule has 3 aromatic rings. The molecule has 0 radical (unpaired) electrons. The van der Waals surface area contributed by atoms with Gasteiger partial charge in [0.1, 0.15) is 0 Å². The molecule has 0 aliphatic heterocycles. The summed E-state index contributed by atoms with van der Waals surface area (Å²) < 4.78 is 0. The van der Waals surface area contributed by atoms with Gasteiger partial charge in [-0.05, 0) is 48.4 Å². The number of anilines is 3. The average Bonchev–Trinajstić information content (AvgIpc) is 2.78. The quantitative estimate of drug-likeness (QED) is 0.514. The van der Waals surface area contributed by atoms with Crippen LogP contribution in [0.4, 0.5) is 26.7 Å². The van der Waals surface area contributed by atoms with Crippen LogP contribution in [-0.4, -0.2) is 25.2 Å². The third kappa shape index (κ3) is 6.10. The molecule has 0 unspecified atom stereocenters. The normalized spacial score (nSPS) is 10.2. The van der Waals surface area contributed by atoms with Crippen LogP contribution in [0.3, 0.4) is 0 Å². The molecule has 0 saturated carbocycles. The maximum Gasteiger partial charge on any atom is 0.326 e. The van der Waals surface area contributed by atoms with Crippen molar-refractivity contribution in [2.45, 2.75) is 13.3 Å². The van der Waals surface area contributed by atoms with Crippen molar-refractivity contribution < 1.29 is 9.59 Å². The SMILES string of the molecule is CCc1ccc(NC(=O)NCCN(C(=O)Nc2ccccc2)c2ccccc2)cc1. The van der Waals surface area contributed by atoms with Crippen LogP contribution in [0.1, 0.15) is 12.5 Å². The van der Waals surface area contributed by atoms with Crippen molar-refractivity contribution in [3.8, 4) is 0 Å². The lowest BCUT2D eigenvalue weighted by atomic mass is 10.1. The van der Waals surface area contributed by atoms with Crippen molar-refractivity contribution in [3.05, 3.63) is 90.5 Å². The Labute approximate surface area is 176 Å². The molecule has 0 aromatic heterocycles. The number of carbonyl (C=O) groups excluding carboxylic acids is 2. The van der Waals surface area contributed by atoms with Crippen LogP contribution in [0.5, 0.6) is 0 Å². The summed E-state index contributed by atoms with van der Waals surface area (Å²) in [5, 5.41) is 8.50. The van der Waals surface area contributed by atoms with E-state index in [9.17, 15) is 9.59 Å². The molecule has 0 saturated heterocycles. The zero-order valence-corrected chi connectivity index (χ0v) is 17.0. The van der Waals surface area contributed by atoms with Crippen LogP contribution in [0.2, 0.25) is 0 Å². The van der Waals surface area contributed by atoms with Crippen molar-refractivity contribution in [2.75, 3.05) is 28.6 Å². The number of amides is 4. The fourth-order valence-electron chi connectivity index (χ4n) is 2.95. The standard InChI is InChI=1S/C24H26N4O2/c1-2-19-13-15-21(16-14-19)26-23(29)25-17-18-28(22-11-7-4-8-12-22)24(30)27-20-9-5-3-6-10-20/h3-16H,2,17-18H2,1H3,(H,27,30)(H2,25,26,29). The van der Waals surface area contributed by atoms with Gasteiger partial charge in [0, 0.05) is 30.2 Å². The number of nitrogens with zero attached hydrogens (tertiary/aromatic N) is 1. The Hall–Kier alpha value is -3.80. The van der Waals surface area contributed by atoms with Gasteiger partial charge in [0.15, 0.2) is 0 Å². The number of hydrogen-bond donors (Lipinski definition) is 3. The molecule has 0 aliphatic carbocycles. The van der Waals surface area contributed by atoms with Crippen molar-refractivity contribution in [2.24, 2.45) is 0 Å². The van der Waals surface area contributed by atoms with E-state index in [0.29, 0.717) is 18.8 Å². The first-order valence-corrected chi connectivity index (χ1v) is 9.98. The highest BCUT2D eigenvalue weighted by Crippen LogP contribution is 2.15. The molecule has 0 fully saturated rings. The van der Waals surface area contributed by atoms with Gasteiger partial charge >= 0.3 is 12.1 Å². The topological polar surface area (TPSA) is 73.5 Å². The van der Waals surface area contributed by atoms with Gasteiger partial charge in [-0.25, -0.2) is 9.59 Å². The molecule has 3 aromatic carbocycles. The van der Waals surface area contributed by atoms with E-state index in [1.165, 1.54) is 5.56 Å². The summed E-state index contributed by atoms with van der Waals surface area (Å²) in [6, 6.07) is 25.8.